The maximum Gasteiger partial charge on any atom is 0.253 e. The topological polar surface area (TPSA) is 84.9 Å². The van der Waals surface area contributed by atoms with Crippen LogP contribution >= 0.6 is 0 Å². The van der Waals surface area contributed by atoms with E-state index in [1.165, 1.54) is 31.9 Å². The Morgan fingerprint density at radius 1 is 1.10 bits per heavy atom. The minimum Gasteiger partial charge on any atom is -0.495 e. The molecule has 0 saturated carbocycles. The van der Waals surface area contributed by atoms with E-state index in [1.807, 2.05) is 18.2 Å². The van der Waals surface area contributed by atoms with Crippen LogP contribution in [0.2, 0.25) is 0 Å². The molecule has 0 bridgehead atoms. The van der Waals surface area contributed by atoms with E-state index in [9.17, 15) is 13.2 Å². The Morgan fingerprint density at radius 2 is 1.81 bits per heavy atom. The first-order valence-corrected chi connectivity index (χ1v) is 11.9. The van der Waals surface area contributed by atoms with E-state index >= 15 is 0 Å². The van der Waals surface area contributed by atoms with Crippen molar-refractivity contribution in [3.05, 3.63) is 59.7 Å². The van der Waals surface area contributed by atoms with Gasteiger partial charge in [-0.1, -0.05) is 30.3 Å². The van der Waals surface area contributed by atoms with Gasteiger partial charge in [-0.15, -0.1) is 0 Å². The Bertz CT molecular complexity index is 971. The molecule has 0 atom stereocenters. The third-order valence-electron chi connectivity index (χ3n) is 5.57. The molecule has 0 spiro atoms. The molecule has 0 unspecified atom stereocenters. The molecule has 2 aromatic carbocycles. The summed E-state index contributed by atoms with van der Waals surface area (Å²) in [4.78, 5) is 14.8. The van der Waals surface area contributed by atoms with Gasteiger partial charge in [-0.3, -0.25) is 4.79 Å². The molecule has 1 aliphatic heterocycles. The normalized spacial score (nSPS) is 15.1. The molecular weight excluding hydrogens is 416 g/mol. The predicted octanol–water partition coefficient (Wildman–Crippen LogP) is 2.71. The highest BCUT2D eigenvalue weighted by atomic mass is 32.2. The lowest BCUT2D eigenvalue weighted by Crippen LogP contribution is -2.39. The van der Waals surface area contributed by atoms with E-state index in [-0.39, 0.29) is 29.7 Å². The molecular formula is C23H30N2O5S. The van der Waals surface area contributed by atoms with Crippen molar-refractivity contribution in [2.45, 2.75) is 24.2 Å². The lowest BCUT2D eigenvalue weighted by atomic mass is 9.90. The van der Waals surface area contributed by atoms with Gasteiger partial charge in [0.05, 0.1) is 13.7 Å². The number of nitrogens with zero attached hydrogens (tertiary/aromatic N) is 1. The smallest absolute Gasteiger partial charge is 0.253 e. The Kier molecular flexibility index (Phi) is 8.06. The van der Waals surface area contributed by atoms with E-state index in [2.05, 4.69) is 16.9 Å². The third-order valence-corrected chi connectivity index (χ3v) is 7.05. The van der Waals surface area contributed by atoms with Gasteiger partial charge in [0.15, 0.2) is 0 Å². The number of carbonyl (C=O) groups excluding carboxylic acids is 1. The summed E-state index contributed by atoms with van der Waals surface area (Å²) in [6, 6.07) is 14.9. The van der Waals surface area contributed by atoms with Gasteiger partial charge in [0.1, 0.15) is 10.6 Å². The fraction of sp³-hybridized carbons (Fsp3) is 0.435. The zero-order chi connectivity index (χ0) is 22.3. The van der Waals surface area contributed by atoms with Crippen molar-refractivity contribution < 1.29 is 22.7 Å². The Morgan fingerprint density at radius 3 is 2.45 bits per heavy atom. The molecule has 3 rings (SSSR count). The standard InChI is InChI=1S/C23H30N2O5S/c1-29-15-12-24-31(27,28)22-17-20(8-9-21(22)30-2)23(26)25-13-10-19(11-14-25)16-18-6-4-3-5-7-18/h3-9,17,19,24H,10-16H2,1-2H3. The number of rotatable bonds is 9. The second-order valence-corrected chi connectivity index (χ2v) is 9.42. The summed E-state index contributed by atoms with van der Waals surface area (Å²) >= 11 is 0. The van der Waals surface area contributed by atoms with Crippen molar-refractivity contribution in [1.29, 1.82) is 0 Å². The van der Waals surface area contributed by atoms with E-state index in [4.69, 9.17) is 9.47 Å². The van der Waals surface area contributed by atoms with Gasteiger partial charge in [-0.25, -0.2) is 13.1 Å². The Hall–Kier alpha value is -2.42. The molecule has 1 amide bonds. The largest absolute Gasteiger partial charge is 0.495 e. The minimum absolute atomic E-state index is 0.0454. The average Bonchev–Trinajstić information content (AvgIpc) is 2.79. The fourth-order valence-electron chi connectivity index (χ4n) is 3.85. The summed E-state index contributed by atoms with van der Waals surface area (Å²) in [5.41, 5.74) is 1.66. The molecule has 1 heterocycles. The van der Waals surface area contributed by atoms with Crippen molar-refractivity contribution in [1.82, 2.24) is 9.62 Å². The molecule has 1 N–H and O–H groups in total. The lowest BCUT2D eigenvalue weighted by molar-refractivity contribution is 0.0690. The molecule has 8 heteroatoms. The number of ether oxygens (including phenoxy) is 2. The zero-order valence-corrected chi connectivity index (χ0v) is 18.9. The highest BCUT2D eigenvalue weighted by molar-refractivity contribution is 7.89. The van der Waals surface area contributed by atoms with Gasteiger partial charge in [0, 0.05) is 32.3 Å². The van der Waals surface area contributed by atoms with E-state index < -0.39 is 10.0 Å². The van der Waals surface area contributed by atoms with Crippen LogP contribution in [-0.4, -0.2) is 59.7 Å². The summed E-state index contributed by atoms with van der Waals surface area (Å²) in [7, 11) is -0.929. The number of nitrogens with one attached hydrogen (secondary N) is 1. The molecule has 2 aromatic rings. The quantitative estimate of drug-likeness (QED) is 0.599. The summed E-state index contributed by atoms with van der Waals surface area (Å²) in [5.74, 6) is 0.584. The zero-order valence-electron chi connectivity index (χ0n) is 18.0. The summed E-state index contributed by atoms with van der Waals surface area (Å²) in [6.45, 7) is 1.71. The number of carbonyl (C=O) groups is 1. The molecule has 0 aromatic heterocycles. The molecule has 1 aliphatic rings. The third kappa shape index (κ3) is 6.06. The highest BCUT2D eigenvalue weighted by Gasteiger charge is 2.26. The van der Waals surface area contributed by atoms with E-state index in [0.717, 1.165) is 19.3 Å². The lowest BCUT2D eigenvalue weighted by Gasteiger charge is -2.32. The SMILES string of the molecule is COCCNS(=O)(=O)c1cc(C(=O)N2CCC(Cc3ccccc3)CC2)ccc1OC. The van der Waals surface area contributed by atoms with Gasteiger partial charge in [0.25, 0.3) is 5.91 Å². The summed E-state index contributed by atoms with van der Waals surface area (Å²) in [5, 5.41) is 0. The van der Waals surface area contributed by atoms with Crippen molar-refractivity contribution in [2.24, 2.45) is 5.92 Å². The molecule has 1 saturated heterocycles. The second kappa shape index (κ2) is 10.7. The number of likely N-dealkylation sites (tertiary alicyclic amines) is 1. The second-order valence-electron chi connectivity index (χ2n) is 7.68. The van der Waals surface area contributed by atoms with Gasteiger partial charge in [0.2, 0.25) is 10.0 Å². The number of methoxy groups -OCH3 is 2. The van der Waals surface area contributed by atoms with Crippen LogP contribution in [0.1, 0.15) is 28.8 Å². The van der Waals surface area contributed by atoms with Gasteiger partial charge < -0.3 is 14.4 Å². The highest BCUT2D eigenvalue weighted by Crippen LogP contribution is 2.27. The number of piperidine rings is 1. The molecule has 168 valence electrons. The van der Waals surface area contributed by atoms with Crippen molar-refractivity contribution in [3.63, 3.8) is 0 Å². The number of benzene rings is 2. The van der Waals surface area contributed by atoms with Crippen LogP contribution < -0.4 is 9.46 Å². The Labute approximate surface area is 184 Å². The van der Waals surface area contributed by atoms with Crippen molar-refractivity contribution in [3.8, 4) is 5.75 Å². The molecule has 1 fully saturated rings. The molecule has 7 nitrogen and oxygen atoms in total. The number of sulfonamides is 1. The summed E-state index contributed by atoms with van der Waals surface area (Å²) < 4.78 is 37.9. The van der Waals surface area contributed by atoms with Crippen LogP contribution in [-0.2, 0) is 21.2 Å². The van der Waals surface area contributed by atoms with Crippen molar-refractivity contribution >= 4 is 15.9 Å². The maximum atomic E-state index is 13.1. The molecule has 0 radical (unpaired) electrons. The van der Waals surface area contributed by atoms with E-state index in [1.54, 1.807) is 11.0 Å². The predicted molar refractivity (Wildman–Crippen MR) is 119 cm³/mol. The van der Waals surface area contributed by atoms with Gasteiger partial charge in [-0.05, 0) is 48.9 Å². The molecule has 0 aliphatic carbocycles. The van der Waals surface area contributed by atoms with Crippen LogP contribution in [0.5, 0.6) is 5.75 Å². The van der Waals surface area contributed by atoms with Crippen molar-refractivity contribution in [2.75, 3.05) is 40.5 Å². The van der Waals surface area contributed by atoms with Gasteiger partial charge in [-0.2, -0.15) is 0 Å². The number of amides is 1. The average molecular weight is 447 g/mol. The Balaban J connectivity index is 1.68. The first-order chi connectivity index (χ1) is 14.9. The van der Waals surface area contributed by atoms with Crippen LogP contribution in [0.25, 0.3) is 0 Å². The first kappa shape index (κ1) is 23.2. The minimum atomic E-state index is -3.83. The number of hydrogen-bond acceptors (Lipinski definition) is 5. The van der Waals surface area contributed by atoms with Gasteiger partial charge >= 0.3 is 0 Å². The monoisotopic (exact) mass is 446 g/mol. The summed E-state index contributed by atoms with van der Waals surface area (Å²) in [6.07, 6.45) is 2.88. The maximum absolute atomic E-state index is 13.1. The van der Waals surface area contributed by atoms with Crippen LogP contribution in [0, 0.1) is 5.92 Å². The fourth-order valence-corrected chi connectivity index (χ4v) is 5.05. The van der Waals surface area contributed by atoms with Crippen LogP contribution in [0.15, 0.2) is 53.4 Å². The number of hydrogen-bond donors (Lipinski definition) is 1. The molecule has 31 heavy (non-hydrogen) atoms. The van der Waals surface area contributed by atoms with Crippen LogP contribution in [0.4, 0.5) is 0 Å². The first-order valence-electron chi connectivity index (χ1n) is 10.4. The van der Waals surface area contributed by atoms with Crippen LogP contribution in [0.3, 0.4) is 0 Å². The van der Waals surface area contributed by atoms with E-state index in [0.29, 0.717) is 24.6 Å².